The first kappa shape index (κ1) is 13.3. The van der Waals surface area contributed by atoms with Crippen LogP contribution in [0, 0.1) is 17.1 Å². The fraction of sp³-hybridized carbons (Fsp3) is 0.0714. The zero-order valence-electron chi connectivity index (χ0n) is 9.73. The molecule has 0 spiro atoms. The van der Waals surface area contributed by atoms with Gasteiger partial charge < -0.3 is 9.84 Å². The topological polar surface area (TPSA) is 53.2 Å². The van der Waals surface area contributed by atoms with E-state index in [1.165, 1.54) is 12.1 Å². The van der Waals surface area contributed by atoms with Gasteiger partial charge in [-0.25, -0.2) is 4.39 Å². The molecule has 5 heteroatoms. The number of ether oxygens (including phenoxy) is 1. The van der Waals surface area contributed by atoms with Crippen molar-refractivity contribution in [2.45, 2.75) is 6.61 Å². The number of aliphatic hydroxyl groups is 1. The maximum atomic E-state index is 13.4. The van der Waals surface area contributed by atoms with E-state index in [4.69, 9.17) is 21.6 Å². The number of halogens is 2. The molecule has 0 saturated heterocycles. The molecule has 0 amide bonds. The number of hydrogen-bond acceptors (Lipinski definition) is 3. The Hall–Kier alpha value is -2.09. The molecule has 1 N–H and O–H groups in total. The van der Waals surface area contributed by atoms with Gasteiger partial charge in [-0.05, 0) is 30.3 Å². The fourth-order valence-electron chi connectivity index (χ4n) is 1.55. The zero-order valence-corrected chi connectivity index (χ0v) is 10.5. The van der Waals surface area contributed by atoms with Crippen molar-refractivity contribution in [1.82, 2.24) is 0 Å². The average Bonchev–Trinajstić information content (AvgIpc) is 2.41. The molecule has 19 heavy (non-hydrogen) atoms. The molecule has 0 radical (unpaired) electrons. The monoisotopic (exact) mass is 277 g/mol. The number of hydrogen-bond donors (Lipinski definition) is 1. The molecule has 0 aliphatic rings. The van der Waals surface area contributed by atoms with Crippen molar-refractivity contribution in [3.63, 3.8) is 0 Å². The molecule has 96 valence electrons. The van der Waals surface area contributed by atoms with E-state index in [-0.39, 0.29) is 17.9 Å². The summed E-state index contributed by atoms with van der Waals surface area (Å²) in [5.41, 5.74) is 0.447. The van der Waals surface area contributed by atoms with Crippen LogP contribution in [0.1, 0.15) is 11.1 Å². The van der Waals surface area contributed by atoms with E-state index in [1.54, 1.807) is 24.3 Å². The Morgan fingerprint density at radius 2 is 2.05 bits per heavy atom. The SMILES string of the molecule is N#Cc1ccc(Oc2ccc(Cl)cc2CO)cc1F. The van der Waals surface area contributed by atoms with Crippen LogP contribution in [0.25, 0.3) is 0 Å². The van der Waals surface area contributed by atoms with Crippen LogP contribution in [0.15, 0.2) is 36.4 Å². The lowest BCUT2D eigenvalue weighted by atomic mass is 10.2. The highest BCUT2D eigenvalue weighted by Crippen LogP contribution is 2.28. The lowest BCUT2D eigenvalue weighted by Crippen LogP contribution is -1.93. The Morgan fingerprint density at radius 3 is 2.68 bits per heavy atom. The molecule has 2 rings (SSSR count). The Kier molecular flexibility index (Phi) is 4.00. The van der Waals surface area contributed by atoms with E-state index < -0.39 is 5.82 Å². The first-order chi connectivity index (χ1) is 9.13. The Morgan fingerprint density at radius 1 is 1.26 bits per heavy atom. The number of benzene rings is 2. The van der Waals surface area contributed by atoms with E-state index in [1.807, 2.05) is 0 Å². The van der Waals surface area contributed by atoms with E-state index in [2.05, 4.69) is 0 Å². The maximum Gasteiger partial charge on any atom is 0.144 e. The van der Waals surface area contributed by atoms with Crippen LogP contribution < -0.4 is 4.74 Å². The van der Waals surface area contributed by atoms with Crippen molar-refractivity contribution in [1.29, 1.82) is 5.26 Å². The van der Waals surface area contributed by atoms with Gasteiger partial charge >= 0.3 is 0 Å². The molecule has 0 saturated carbocycles. The van der Waals surface area contributed by atoms with Crippen LogP contribution in [-0.4, -0.2) is 5.11 Å². The Balaban J connectivity index is 2.31. The largest absolute Gasteiger partial charge is 0.457 e. The minimum Gasteiger partial charge on any atom is -0.457 e. The summed E-state index contributed by atoms with van der Waals surface area (Å²) >= 11 is 5.80. The van der Waals surface area contributed by atoms with Gasteiger partial charge in [0.25, 0.3) is 0 Å². The number of rotatable bonds is 3. The number of aliphatic hydroxyl groups excluding tert-OH is 1. The summed E-state index contributed by atoms with van der Waals surface area (Å²) in [5.74, 6) is -0.0240. The van der Waals surface area contributed by atoms with Gasteiger partial charge in [0.15, 0.2) is 0 Å². The van der Waals surface area contributed by atoms with E-state index in [9.17, 15) is 9.50 Å². The summed E-state index contributed by atoms with van der Waals surface area (Å²) in [6.07, 6.45) is 0. The van der Waals surface area contributed by atoms with Gasteiger partial charge in [-0.15, -0.1) is 0 Å². The molecule has 2 aromatic rings. The van der Waals surface area contributed by atoms with Crippen molar-refractivity contribution >= 4 is 11.6 Å². The van der Waals surface area contributed by atoms with E-state index in [0.717, 1.165) is 6.07 Å². The van der Waals surface area contributed by atoms with Gasteiger partial charge in [0, 0.05) is 16.7 Å². The molecule has 0 unspecified atom stereocenters. The lowest BCUT2D eigenvalue weighted by Gasteiger charge is -2.10. The van der Waals surface area contributed by atoms with Crippen LogP contribution in [0.4, 0.5) is 4.39 Å². The molecule has 0 heterocycles. The third kappa shape index (κ3) is 3.02. The predicted octanol–water partition coefficient (Wildman–Crippen LogP) is 3.64. The van der Waals surface area contributed by atoms with Gasteiger partial charge in [-0.2, -0.15) is 5.26 Å². The molecule has 0 atom stereocenters. The molecular formula is C14H9ClFNO2. The second-order valence-corrected chi connectivity index (χ2v) is 4.20. The van der Waals surface area contributed by atoms with Crippen molar-refractivity contribution in [3.8, 4) is 17.6 Å². The van der Waals surface area contributed by atoms with Gasteiger partial charge in [-0.3, -0.25) is 0 Å². The summed E-state index contributed by atoms with van der Waals surface area (Å²) < 4.78 is 18.9. The molecule has 0 aliphatic heterocycles. The standard InChI is InChI=1S/C14H9ClFNO2/c15-11-2-4-14(10(5-11)8-18)19-12-3-1-9(7-17)13(16)6-12/h1-6,18H,8H2. The first-order valence-electron chi connectivity index (χ1n) is 5.41. The van der Waals surface area contributed by atoms with Crippen LogP contribution in [-0.2, 0) is 6.61 Å². The average molecular weight is 278 g/mol. The van der Waals surface area contributed by atoms with Crippen molar-refractivity contribution in [2.75, 3.05) is 0 Å². The zero-order chi connectivity index (χ0) is 13.8. The van der Waals surface area contributed by atoms with Crippen LogP contribution in [0.2, 0.25) is 5.02 Å². The summed E-state index contributed by atoms with van der Waals surface area (Å²) in [7, 11) is 0. The molecule has 2 aromatic carbocycles. The van der Waals surface area contributed by atoms with Crippen LogP contribution in [0.5, 0.6) is 11.5 Å². The normalized spacial score (nSPS) is 10.0. The molecule has 0 aromatic heterocycles. The van der Waals surface area contributed by atoms with E-state index >= 15 is 0 Å². The molecule has 0 fully saturated rings. The minimum atomic E-state index is -0.653. The highest BCUT2D eigenvalue weighted by Gasteiger charge is 2.08. The van der Waals surface area contributed by atoms with Gasteiger partial charge in [0.1, 0.15) is 23.4 Å². The van der Waals surface area contributed by atoms with E-state index in [0.29, 0.717) is 16.3 Å². The molecule has 0 bridgehead atoms. The third-order valence-electron chi connectivity index (χ3n) is 2.48. The lowest BCUT2D eigenvalue weighted by molar-refractivity contribution is 0.276. The van der Waals surface area contributed by atoms with Crippen LogP contribution in [0.3, 0.4) is 0 Å². The Bertz CT molecular complexity index is 652. The van der Waals surface area contributed by atoms with Gasteiger partial charge in [0.2, 0.25) is 0 Å². The van der Waals surface area contributed by atoms with Crippen molar-refractivity contribution in [3.05, 3.63) is 58.4 Å². The third-order valence-corrected chi connectivity index (χ3v) is 2.72. The fourth-order valence-corrected chi connectivity index (χ4v) is 1.74. The molecule has 3 nitrogen and oxygen atoms in total. The van der Waals surface area contributed by atoms with Crippen molar-refractivity contribution in [2.24, 2.45) is 0 Å². The first-order valence-corrected chi connectivity index (χ1v) is 5.78. The Labute approximate surface area is 114 Å². The predicted molar refractivity (Wildman–Crippen MR) is 68.6 cm³/mol. The van der Waals surface area contributed by atoms with Gasteiger partial charge in [-0.1, -0.05) is 11.6 Å². The summed E-state index contributed by atoms with van der Waals surface area (Å²) in [6, 6.07) is 10.4. The minimum absolute atomic E-state index is 0.0502. The quantitative estimate of drug-likeness (QED) is 0.932. The van der Waals surface area contributed by atoms with Gasteiger partial charge in [0.05, 0.1) is 12.2 Å². The smallest absolute Gasteiger partial charge is 0.144 e. The van der Waals surface area contributed by atoms with Crippen molar-refractivity contribution < 1.29 is 14.2 Å². The van der Waals surface area contributed by atoms with Crippen LogP contribution >= 0.6 is 11.6 Å². The summed E-state index contributed by atoms with van der Waals surface area (Å²) in [4.78, 5) is 0. The summed E-state index contributed by atoms with van der Waals surface area (Å²) in [6.45, 7) is -0.241. The maximum absolute atomic E-state index is 13.4. The second kappa shape index (κ2) is 5.70. The molecular weight excluding hydrogens is 269 g/mol. The number of nitrogens with zero attached hydrogens (tertiary/aromatic N) is 1. The highest BCUT2D eigenvalue weighted by atomic mass is 35.5. The summed E-state index contributed by atoms with van der Waals surface area (Å²) in [5, 5.41) is 18.3. The molecule has 0 aliphatic carbocycles. The number of nitriles is 1. The second-order valence-electron chi connectivity index (χ2n) is 3.77. The highest BCUT2D eigenvalue weighted by molar-refractivity contribution is 6.30.